The fourth-order valence-corrected chi connectivity index (χ4v) is 2.29. The van der Waals surface area contributed by atoms with Crippen LogP contribution in [0.25, 0.3) is 11.4 Å². The number of alkyl halides is 3. The monoisotopic (exact) mass is 377 g/mol. The molecule has 0 saturated heterocycles. The van der Waals surface area contributed by atoms with Crippen molar-refractivity contribution in [1.29, 1.82) is 0 Å². The van der Waals surface area contributed by atoms with Crippen LogP contribution < -0.4 is 10.1 Å². The number of methoxy groups -OCH3 is 1. The zero-order chi connectivity index (χ0) is 19.4. The molecule has 0 bridgehead atoms. The lowest BCUT2D eigenvalue weighted by atomic mass is 10.1. The van der Waals surface area contributed by atoms with Crippen LogP contribution in [0.1, 0.15) is 11.5 Å². The summed E-state index contributed by atoms with van der Waals surface area (Å²) in [4.78, 5) is 15.4. The number of anilines is 1. The Morgan fingerprint density at radius 2 is 1.78 bits per heavy atom. The molecule has 6 nitrogen and oxygen atoms in total. The van der Waals surface area contributed by atoms with Gasteiger partial charge in [0.25, 0.3) is 0 Å². The number of aromatic nitrogens is 2. The Labute approximate surface area is 152 Å². The highest BCUT2D eigenvalue weighted by molar-refractivity contribution is 5.92. The molecule has 0 spiro atoms. The lowest BCUT2D eigenvalue weighted by Gasteiger charge is -2.06. The van der Waals surface area contributed by atoms with Crippen molar-refractivity contribution in [2.75, 3.05) is 12.4 Å². The maximum absolute atomic E-state index is 12.5. The lowest BCUT2D eigenvalue weighted by Crippen LogP contribution is -2.14. The molecule has 0 fully saturated rings. The van der Waals surface area contributed by atoms with Gasteiger partial charge in [0, 0.05) is 11.3 Å². The van der Waals surface area contributed by atoms with Gasteiger partial charge in [-0.1, -0.05) is 17.3 Å². The minimum Gasteiger partial charge on any atom is -0.497 e. The van der Waals surface area contributed by atoms with E-state index in [1.165, 1.54) is 12.1 Å². The molecular weight excluding hydrogens is 363 g/mol. The summed E-state index contributed by atoms with van der Waals surface area (Å²) >= 11 is 0. The van der Waals surface area contributed by atoms with Gasteiger partial charge in [0.15, 0.2) is 0 Å². The Morgan fingerprint density at radius 1 is 1.11 bits per heavy atom. The molecule has 1 amide bonds. The molecule has 0 unspecified atom stereocenters. The predicted octanol–water partition coefficient (Wildman–Crippen LogP) is 3.95. The Morgan fingerprint density at radius 3 is 2.33 bits per heavy atom. The van der Waals surface area contributed by atoms with Crippen molar-refractivity contribution in [2.24, 2.45) is 0 Å². The van der Waals surface area contributed by atoms with Gasteiger partial charge in [-0.15, -0.1) is 0 Å². The number of amides is 1. The van der Waals surface area contributed by atoms with E-state index in [2.05, 4.69) is 20.0 Å². The number of rotatable bonds is 5. The Kier molecular flexibility index (Phi) is 5.11. The Bertz CT molecular complexity index is 920. The van der Waals surface area contributed by atoms with Crippen LogP contribution in [0.3, 0.4) is 0 Å². The van der Waals surface area contributed by atoms with E-state index in [0.29, 0.717) is 17.0 Å². The molecule has 0 saturated carbocycles. The molecule has 0 aliphatic rings. The smallest absolute Gasteiger partial charge is 0.471 e. The second-order valence-corrected chi connectivity index (χ2v) is 5.57. The number of carbonyl (C=O) groups excluding carboxylic acids is 1. The predicted molar refractivity (Wildman–Crippen MR) is 90.1 cm³/mol. The van der Waals surface area contributed by atoms with Gasteiger partial charge < -0.3 is 14.6 Å². The molecule has 140 valence electrons. The minimum absolute atomic E-state index is 0.172. The first-order valence-electron chi connectivity index (χ1n) is 7.79. The van der Waals surface area contributed by atoms with Gasteiger partial charge in [0.2, 0.25) is 11.7 Å². The summed E-state index contributed by atoms with van der Waals surface area (Å²) in [7, 11) is 1.56. The van der Waals surface area contributed by atoms with Crippen molar-refractivity contribution >= 4 is 11.6 Å². The second-order valence-electron chi connectivity index (χ2n) is 5.57. The summed E-state index contributed by atoms with van der Waals surface area (Å²) in [6.07, 6.45) is -4.52. The standard InChI is InChI=1S/C18H14F3N3O3/c1-26-14-8-2-11(3-9-14)10-15(25)22-13-6-4-12(5-7-13)16-23-17(27-24-16)18(19,20)21/h2-9H,10H2,1H3,(H,22,25). The van der Waals surface area contributed by atoms with E-state index in [4.69, 9.17) is 4.74 Å². The molecule has 0 aliphatic carbocycles. The van der Waals surface area contributed by atoms with E-state index in [1.54, 1.807) is 43.5 Å². The Hall–Kier alpha value is -3.36. The van der Waals surface area contributed by atoms with Gasteiger partial charge in [-0.05, 0) is 42.0 Å². The molecule has 0 aliphatic heterocycles. The van der Waals surface area contributed by atoms with Gasteiger partial charge >= 0.3 is 12.1 Å². The molecular formula is C18H14F3N3O3. The number of ether oxygens (including phenoxy) is 1. The third-order valence-corrected chi connectivity index (χ3v) is 3.62. The zero-order valence-electron chi connectivity index (χ0n) is 14.1. The van der Waals surface area contributed by atoms with Crippen molar-refractivity contribution in [3.8, 4) is 17.1 Å². The summed E-state index contributed by atoms with van der Waals surface area (Å²) in [5.41, 5.74) is 1.65. The van der Waals surface area contributed by atoms with Crippen LogP contribution in [0, 0.1) is 0 Å². The van der Waals surface area contributed by atoms with E-state index >= 15 is 0 Å². The van der Waals surface area contributed by atoms with E-state index in [0.717, 1.165) is 5.56 Å². The summed E-state index contributed by atoms with van der Waals surface area (Å²) in [6.45, 7) is 0. The number of benzene rings is 2. The third kappa shape index (κ3) is 4.63. The molecule has 9 heteroatoms. The average molecular weight is 377 g/mol. The van der Waals surface area contributed by atoms with E-state index in [9.17, 15) is 18.0 Å². The number of hydrogen-bond acceptors (Lipinski definition) is 5. The molecule has 3 rings (SSSR count). The topological polar surface area (TPSA) is 77.2 Å². The number of hydrogen-bond donors (Lipinski definition) is 1. The van der Waals surface area contributed by atoms with Crippen LogP contribution in [0.15, 0.2) is 53.1 Å². The number of nitrogens with one attached hydrogen (secondary N) is 1. The highest BCUT2D eigenvalue weighted by atomic mass is 19.4. The van der Waals surface area contributed by atoms with E-state index < -0.39 is 12.1 Å². The number of nitrogens with zero attached hydrogens (tertiary/aromatic N) is 2. The number of halogens is 3. The first kappa shape index (κ1) is 18.4. The molecule has 1 aromatic heterocycles. The normalized spacial score (nSPS) is 11.3. The minimum atomic E-state index is -4.69. The third-order valence-electron chi connectivity index (χ3n) is 3.62. The van der Waals surface area contributed by atoms with Crippen LogP contribution in [-0.4, -0.2) is 23.2 Å². The molecule has 1 N–H and O–H groups in total. The van der Waals surface area contributed by atoms with Crippen molar-refractivity contribution in [3.63, 3.8) is 0 Å². The van der Waals surface area contributed by atoms with Crippen LogP contribution in [0.4, 0.5) is 18.9 Å². The summed E-state index contributed by atoms with van der Waals surface area (Å²) < 4.78 is 46.7. The SMILES string of the molecule is COc1ccc(CC(=O)Nc2ccc(-c3noc(C(F)(F)F)n3)cc2)cc1. The van der Waals surface area contributed by atoms with Gasteiger partial charge in [0.1, 0.15) is 5.75 Å². The Balaban J connectivity index is 1.63. The van der Waals surface area contributed by atoms with Gasteiger partial charge in [0.05, 0.1) is 13.5 Å². The van der Waals surface area contributed by atoms with Crippen molar-refractivity contribution in [1.82, 2.24) is 10.1 Å². The summed E-state index contributed by atoms with van der Waals surface area (Å²) in [5.74, 6) is -1.12. The van der Waals surface area contributed by atoms with Crippen molar-refractivity contribution < 1.29 is 27.2 Å². The van der Waals surface area contributed by atoms with Crippen molar-refractivity contribution in [3.05, 3.63) is 60.0 Å². The molecule has 0 radical (unpaired) electrons. The molecule has 3 aromatic rings. The summed E-state index contributed by atoms with van der Waals surface area (Å²) in [6, 6.07) is 13.2. The van der Waals surface area contributed by atoms with Gasteiger partial charge in [-0.2, -0.15) is 18.2 Å². The molecule has 1 heterocycles. The van der Waals surface area contributed by atoms with Crippen LogP contribution in [-0.2, 0) is 17.4 Å². The fraction of sp³-hybridized carbons (Fsp3) is 0.167. The molecule has 2 aromatic carbocycles. The highest BCUT2D eigenvalue weighted by Gasteiger charge is 2.38. The van der Waals surface area contributed by atoms with Gasteiger partial charge in [-0.25, -0.2) is 0 Å². The number of carbonyl (C=O) groups is 1. The highest BCUT2D eigenvalue weighted by Crippen LogP contribution is 2.29. The largest absolute Gasteiger partial charge is 0.497 e. The van der Waals surface area contributed by atoms with E-state index in [-0.39, 0.29) is 18.2 Å². The second kappa shape index (κ2) is 7.48. The van der Waals surface area contributed by atoms with Crippen LogP contribution in [0.5, 0.6) is 5.75 Å². The van der Waals surface area contributed by atoms with Gasteiger partial charge in [-0.3, -0.25) is 4.79 Å². The molecule has 0 atom stereocenters. The average Bonchev–Trinajstić information content (AvgIpc) is 3.13. The summed E-state index contributed by atoms with van der Waals surface area (Å²) in [5, 5.41) is 6.02. The first-order chi connectivity index (χ1) is 12.8. The maximum Gasteiger partial charge on any atom is 0.471 e. The van der Waals surface area contributed by atoms with Crippen LogP contribution >= 0.6 is 0 Å². The van der Waals surface area contributed by atoms with E-state index in [1.807, 2.05) is 0 Å². The fourth-order valence-electron chi connectivity index (χ4n) is 2.29. The zero-order valence-corrected chi connectivity index (χ0v) is 14.1. The quantitative estimate of drug-likeness (QED) is 0.729. The van der Waals surface area contributed by atoms with Crippen LogP contribution in [0.2, 0.25) is 0 Å². The first-order valence-corrected chi connectivity index (χ1v) is 7.79. The molecule has 27 heavy (non-hydrogen) atoms. The van der Waals surface area contributed by atoms with Crippen molar-refractivity contribution in [2.45, 2.75) is 12.6 Å². The lowest BCUT2D eigenvalue weighted by molar-refractivity contribution is -0.159. The maximum atomic E-state index is 12.5.